The molecule has 0 saturated carbocycles. The van der Waals surface area contributed by atoms with Gasteiger partial charge in [-0.3, -0.25) is 4.79 Å². The predicted octanol–water partition coefficient (Wildman–Crippen LogP) is 3.83. The number of esters is 2. The number of thiophene rings is 1. The smallest absolute Gasteiger partial charge is 0.394 e. The normalized spacial score (nSPS) is 25.6. The molecular weight excluding hydrogens is 452 g/mol. The number of carbonyl (C=O) groups is 3. The molecule has 1 aromatic carbocycles. The van der Waals surface area contributed by atoms with Gasteiger partial charge in [-0.25, -0.2) is 14.5 Å². The Morgan fingerprint density at radius 2 is 1.74 bits per heavy atom. The van der Waals surface area contributed by atoms with E-state index in [1.165, 1.54) is 24.2 Å². The molecule has 0 N–H and O–H groups in total. The van der Waals surface area contributed by atoms with Gasteiger partial charge in [0.25, 0.3) is 0 Å². The Balaban J connectivity index is 1.17. The van der Waals surface area contributed by atoms with Crippen molar-refractivity contribution >= 4 is 34.9 Å². The molecule has 4 heterocycles. The van der Waals surface area contributed by atoms with Gasteiger partial charge in [-0.1, -0.05) is 18.2 Å². The molecule has 178 valence electrons. The van der Waals surface area contributed by atoms with Crippen LogP contribution in [0.2, 0.25) is 0 Å². The molecule has 3 saturated heterocycles. The third-order valence-electron chi connectivity index (χ3n) is 8.03. The molecule has 3 aliphatic heterocycles. The monoisotopic (exact) mass is 480 g/mol. The fourth-order valence-corrected chi connectivity index (χ4v) is 7.25. The Kier molecular flexibility index (Phi) is 5.26. The maximum absolute atomic E-state index is 13.8. The average Bonchev–Trinajstić information content (AvgIpc) is 3.49. The summed E-state index contributed by atoms with van der Waals surface area (Å²) in [5.41, 5.74) is 1.40. The molecule has 6 rings (SSSR count). The molecule has 4 aliphatic rings. The van der Waals surface area contributed by atoms with Crippen LogP contribution in [0, 0.1) is 5.41 Å². The lowest BCUT2D eigenvalue weighted by atomic mass is 9.76. The van der Waals surface area contributed by atoms with E-state index in [1.54, 1.807) is 22.6 Å². The number of para-hydroxylation sites is 1. The second-order valence-electron chi connectivity index (χ2n) is 9.94. The number of hydrogen-bond acceptors (Lipinski definition) is 7. The minimum atomic E-state index is -1.67. The van der Waals surface area contributed by atoms with E-state index in [4.69, 9.17) is 9.47 Å². The van der Waals surface area contributed by atoms with Gasteiger partial charge in [0.1, 0.15) is 0 Å². The molecule has 2 spiro atoms. The molecule has 1 unspecified atom stereocenters. The molecule has 3 fully saturated rings. The minimum Gasteiger partial charge on any atom is -0.394 e. The number of benzene rings is 1. The molecule has 0 bridgehead atoms. The van der Waals surface area contributed by atoms with Crippen molar-refractivity contribution in [1.29, 1.82) is 0 Å². The van der Waals surface area contributed by atoms with Crippen LogP contribution < -0.4 is 4.90 Å². The van der Waals surface area contributed by atoms with E-state index in [9.17, 15) is 14.4 Å². The molecule has 0 radical (unpaired) electrons. The number of anilines is 1. The summed E-state index contributed by atoms with van der Waals surface area (Å²) in [6.45, 7) is 2.62. The van der Waals surface area contributed by atoms with E-state index in [-0.39, 0.29) is 12.3 Å². The predicted molar refractivity (Wildman–Crippen MR) is 126 cm³/mol. The van der Waals surface area contributed by atoms with Crippen molar-refractivity contribution in [1.82, 2.24) is 4.90 Å². The van der Waals surface area contributed by atoms with Crippen molar-refractivity contribution in [3.05, 3.63) is 52.2 Å². The number of hydrogen-bond donors (Lipinski definition) is 0. The summed E-state index contributed by atoms with van der Waals surface area (Å²) in [4.78, 5) is 43.2. The zero-order chi connectivity index (χ0) is 23.3. The second-order valence-corrected chi connectivity index (χ2v) is 10.9. The highest BCUT2D eigenvalue weighted by Gasteiger charge is 2.68. The Morgan fingerprint density at radius 1 is 1.00 bits per heavy atom. The zero-order valence-electron chi connectivity index (χ0n) is 19.0. The zero-order valence-corrected chi connectivity index (χ0v) is 19.9. The van der Waals surface area contributed by atoms with Crippen LogP contribution in [-0.4, -0.2) is 48.3 Å². The first-order valence-corrected chi connectivity index (χ1v) is 13.0. The lowest BCUT2D eigenvalue weighted by Crippen LogP contribution is -2.48. The molecule has 8 heteroatoms. The first kappa shape index (κ1) is 21.8. The molecule has 1 aromatic heterocycles. The van der Waals surface area contributed by atoms with Gasteiger partial charge in [0.2, 0.25) is 5.91 Å². The first-order valence-electron chi connectivity index (χ1n) is 12.1. The SMILES string of the molecule is O=C1OC2(CC3(CCN(CCC4CCCc5sccc54)CC3)C(=O)N2c2ccccc2)OC1=O. The van der Waals surface area contributed by atoms with Crippen LogP contribution in [0.1, 0.15) is 54.9 Å². The summed E-state index contributed by atoms with van der Waals surface area (Å²) in [6, 6.07) is 11.3. The third-order valence-corrected chi connectivity index (χ3v) is 9.02. The maximum atomic E-state index is 13.8. The highest BCUT2D eigenvalue weighted by Crippen LogP contribution is 2.53. The van der Waals surface area contributed by atoms with Crippen LogP contribution >= 0.6 is 11.3 Å². The average molecular weight is 481 g/mol. The number of likely N-dealkylation sites (tertiary alicyclic amines) is 1. The molecule has 2 aromatic rings. The van der Waals surface area contributed by atoms with Crippen LogP contribution in [0.15, 0.2) is 41.8 Å². The molecular formula is C26H28N2O5S. The highest BCUT2D eigenvalue weighted by molar-refractivity contribution is 7.10. The van der Waals surface area contributed by atoms with E-state index in [0.717, 1.165) is 26.1 Å². The van der Waals surface area contributed by atoms with Gasteiger partial charge < -0.3 is 14.4 Å². The topological polar surface area (TPSA) is 76.2 Å². The van der Waals surface area contributed by atoms with Gasteiger partial charge in [-0.05, 0) is 93.2 Å². The Labute approximate surface area is 202 Å². The van der Waals surface area contributed by atoms with Crippen LogP contribution in [0.5, 0.6) is 0 Å². The van der Waals surface area contributed by atoms with Crippen molar-refractivity contribution in [3.8, 4) is 0 Å². The van der Waals surface area contributed by atoms with Gasteiger partial charge in [0.05, 0.1) is 17.5 Å². The minimum absolute atomic E-state index is 0.129. The van der Waals surface area contributed by atoms with Crippen molar-refractivity contribution in [2.75, 3.05) is 24.5 Å². The van der Waals surface area contributed by atoms with Gasteiger partial charge in [-0.2, -0.15) is 0 Å². The standard InChI is InChI=1S/C26H28N2O5S/c29-22-23(30)33-26(32-22)17-25(24(31)28(26)19-6-2-1-3-7-19)11-14-27(15-12-25)13-9-18-5-4-8-21-20(18)10-16-34-21/h1-3,6-7,10,16,18H,4-5,8-9,11-15,17H2. The number of rotatable bonds is 4. The number of nitrogens with zero attached hydrogens (tertiary/aromatic N) is 2. The Morgan fingerprint density at radius 3 is 2.47 bits per heavy atom. The molecule has 34 heavy (non-hydrogen) atoms. The fraction of sp³-hybridized carbons (Fsp3) is 0.500. The van der Waals surface area contributed by atoms with Gasteiger partial charge in [-0.15, -0.1) is 11.3 Å². The van der Waals surface area contributed by atoms with Crippen LogP contribution in [0.4, 0.5) is 5.69 Å². The van der Waals surface area contributed by atoms with Crippen molar-refractivity contribution in [2.45, 2.75) is 56.8 Å². The summed E-state index contributed by atoms with van der Waals surface area (Å²) in [6.07, 6.45) is 6.36. The maximum Gasteiger partial charge on any atom is 0.422 e. The summed E-state index contributed by atoms with van der Waals surface area (Å²) >= 11 is 1.88. The number of piperidine rings is 1. The van der Waals surface area contributed by atoms with Crippen LogP contribution in [0.25, 0.3) is 0 Å². The lowest BCUT2D eigenvalue weighted by Gasteiger charge is -2.38. The number of amides is 1. The molecule has 1 atom stereocenters. The van der Waals surface area contributed by atoms with E-state index in [2.05, 4.69) is 16.3 Å². The summed E-state index contributed by atoms with van der Waals surface area (Å²) in [5, 5.41) is 2.22. The lowest BCUT2D eigenvalue weighted by molar-refractivity contribution is -0.177. The van der Waals surface area contributed by atoms with Crippen LogP contribution in [-0.2, 0) is 30.3 Å². The summed E-state index contributed by atoms with van der Waals surface area (Å²) < 4.78 is 10.9. The Bertz CT molecular complexity index is 1110. The van der Waals surface area contributed by atoms with Crippen LogP contribution in [0.3, 0.4) is 0 Å². The molecule has 1 aliphatic carbocycles. The fourth-order valence-electron chi connectivity index (χ4n) is 6.24. The van der Waals surface area contributed by atoms with E-state index in [0.29, 0.717) is 24.4 Å². The number of carbonyl (C=O) groups excluding carboxylic acids is 3. The quantitative estimate of drug-likeness (QED) is 0.489. The highest BCUT2D eigenvalue weighted by atomic mass is 32.1. The van der Waals surface area contributed by atoms with Gasteiger partial charge >= 0.3 is 17.8 Å². The number of ether oxygens (including phenoxy) is 2. The van der Waals surface area contributed by atoms with Gasteiger partial charge in [0.15, 0.2) is 0 Å². The van der Waals surface area contributed by atoms with Crippen molar-refractivity contribution in [2.24, 2.45) is 5.41 Å². The molecule has 7 nitrogen and oxygen atoms in total. The third kappa shape index (κ3) is 3.46. The van der Waals surface area contributed by atoms with E-state index >= 15 is 0 Å². The molecule has 1 amide bonds. The van der Waals surface area contributed by atoms with E-state index in [1.807, 2.05) is 29.5 Å². The van der Waals surface area contributed by atoms with E-state index < -0.39 is 23.3 Å². The number of aryl methyl sites for hydroxylation is 1. The second kappa shape index (κ2) is 8.20. The summed E-state index contributed by atoms with van der Waals surface area (Å²) in [5.74, 6) is -3.25. The van der Waals surface area contributed by atoms with Crippen molar-refractivity contribution < 1.29 is 23.9 Å². The van der Waals surface area contributed by atoms with Gasteiger partial charge in [0, 0.05) is 4.88 Å². The largest absolute Gasteiger partial charge is 0.422 e. The summed E-state index contributed by atoms with van der Waals surface area (Å²) in [7, 11) is 0. The Hall–Kier alpha value is -2.71. The first-order chi connectivity index (χ1) is 16.5. The van der Waals surface area contributed by atoms with Crippen molar-refractivity contribution in [3.63, 3.8) is 0 Å². The number of fused-ring (bicyclic) bond motifs is 1.